The second kappa shape index (κ2) is 11.7. The second-order valence-electron chi connectivity index (χ2n) is 11.4. The standard InChI is InChI=1S/C32H30Cl2FN3O6/c33-25-10-21(36-6-8-42-9-7-36)11-26(34)29(25)31(39)37-14-18-2-1-3-22(30(18)44-17-37)23-13-28(24(32(40)41)12-27(23)35)38-19-4-5-20(38)16-43-15-19/h1-3,10-13,19-20H,4-9,14-17H2,(H,40,41). The monoisotopic (exact) mass is 641 g/mol. The van der Waals surface area contributed by atoms with E-state index in [0.717, 1.165) is 24.6 Å². The highest BCUT2D eigenvalue weighted by Crippen LogP contribution is 2.43. The minimum Gasteiger partial charge on any atom is -0.478 e. The number of fused-ring (bicyclic) bond motifs is 3. The first-order valence-electron chi connectivity index (χ1n) is 14.6. The summed E-state index contributed by atoms with van der Waals surface area (Å²) in [5, 5.41) is 10.4. The van der Waals surface area contributed by atoms with Crippen LogP contribution in [0.15, 0.2) is 42.5 Å². The lowest BCUT2D eigenvalue weighted by Gasteiger charge is -2.37. The first-order chi connectivity index (χ1) is 21.3. The highest BCUT2D eigenvalue weighted by Gasteiger charge is 2.40. The zero-order valence-corrected chi connectivity index (χ0v) is 25.2. The molecule has 0 aromatic heterocycles. The number of para-hydroxylation sites is 1. The third-order valence-corrected chi connectivity index (χ3v) is 9.45. The van der Waals surface area contributed by atoms with Crippen LogP contribution in [0.4, 0.5) is 15.8 Å². The van der Waals surface area contributed by atoms with E-state index in [1.807, 2.05) is 6.07 Å². The molecule has 3 saturated heterocycles. The summed E-state index contributed by atoms with van der Waals surface area (Å²) in [7, 11) is 0. The lowest BCUT2D eigenvalue weighted by molar-refractivity contribution is 0.0516. The predicted molar refractivity (Wildman–Crippen MR) is 164 cm³/mol. The average Bonchev–Trinajstić information content (AvgIpc) is 3.27. The van der Waals surface area contributed by atoms with Crippen molar-refractivity contribution in [1.29, 1.82) is 0 Å². The average molecular weight is 643 g/mol. The van der Waals surface area contributed by atoms with E-state index < -0.39 is 11.8 Å². The Morgan fingerprint density at radius 1 is 0.932 bits per heavy atom. The molecule has 9 nitrogen and oxygen atoms in total. The molecule has 4 aliphatic heterocycles. The minimum absolute atomic E-state index is 0.0345. The number of carboxylic acids is 1. The molecule has 2 bridgehead atoms. The molecule has 4 aliphatic rings. The van der Waals surface area contributed by atoms with Crippen LogP contribution in [-0.4, -0.2) is 80.2 Å². The SMILES string of the molecule is O=C(O)c1cc(F)c(-c2cccc3c2OCN(C(=O)c2c(Cl)cc(N4CCOCC4)cc2Cl)C3)cc1N1C2CCC1COC2. The van der Waals surface area contributed by atoms with Crippen molar-refractivity contribution in [1.82, 2.24) is 4.90 Å². The minimum atomic E-state index is -1.19. The largest absolute Gasteiger partial charge is 0.478 e. The Bertz CT molecular complexity index is 1610. The van der Waals surface area contributed by atoms with Gasteiger partial charge in [-0.2, -0.15) is 0 Å². The maximum Gasteiger partial charge on any atom is 0.337 e. The predicted octanol–water partition coefficient (Wildman–Crippen LogP) is 5.69. The van der Waals surface area contributed by atoms with Gasteiger partial charge in [0.25, 0.3) is 5.91 Å². The van der Waals surface area contributed by atoms with Gasteiger partial charge in [0, 0.05) is 35.5 Å². The van der Waals surface area contributed by atoms with Crippen molar-refractivity contribution in [3.05, 3.63) is 75.0 Å². The molecule has 0 aliphatic carbocycles. The summed E-state index contributed by atoms with van der Waals surface area (Å²) in [5.74, 6) is -1.80. The van der Waals surface area contributed by atoms with Crippen LogP contribution in [0, 0.1) is 5.82 Å². The number of amides is 1. The Morgan fingerprint density at radius 2 is 1.64 bits per heavy atom. The highest BCUT2D eigenvalue weighted by atomic mass is 35.5. The van der Waals surface area contributed by atoms with Gasteiger partial charge < -0.3 is 34.0 Å². The molecule has 1 N–H and O–H groups in total. The topological polar surface area (TPSA) is 91.8 Å². The van der Waals surface area contributed by atoms with E-state index >= 15 is 4.39 Å². The van der Waals surface area contributed by atoms with Gasteiger partial charge in [-0.05, 0) is 37.1 Å². The van der Waals surface area contributed by atoms with Gasteiger partial charge in [0.15, 0.2) is 6.73 Å². The van der Waals surface area contributed by atoms with Gasteiger partial charge in [0.1, 0.15) is 11.6 Å². The number of hydrogen-bond acceptors (Lipinski definition) is 7. The number of anilines is 2. The molecular formula is C32H30Cl2FN3O6. The summed E-state index contributed by atoms with van der Waals surface area (Å²) in [6.07, 6.45) is 1.77. The van der Waals surface area contributed by atoms with Crippen molar-refractivity contribution in [3.63, 3.8) is 0 Å². The van der Waals surface area contributed by atoms with Gasteiger partial charge in [-0.1, -0.05) is 41.4 Å². The van der Waals surface area contributed by atoms with E-state index in [9.17, 15) is 14.7 Å². The molecule has 230 valence electrons. The number of aromatic carboxylic acids is 1. The van der Waals surface area contributed by atoms with Crippen molar-refractivity contribution < 1.29 is 33.3 Å². The van der Waals surface area contributed by atoms with E-state index in [1.165, 1.54) is 4.90 Å². The van der Waals surface area contributed by atoms with Crippen LogP contribution in [0.3, 0.4) is 0 Å². The second-order valence-corrected chi connectivity index (χ2v) is 12.3. The molecule has 0 spiro atoms. The number of halogens is 3. The summed E-state index contributed by atoms with van der Waals surface area (Å²) in [6, 6.07) is 11.6. The quantitative estimate of drug-likeness (QED) is 0.380. The zero-order valence-electron chi connectivity index (χ0n) is 23.7. The number of carboxylic acid groups (broad SMARTS) is 1. The number of nitrogens with zero attached hydrogens (tertiary/aromatic N) is 3. The Kier molecular flexibility index (Phi) is 7.78. The fraction of sp³-hybridized carbons (Fsp3) is 0.375. The first-order valence-corrected chi connectivity index (χ1v) is 15.3. The Morgan fingerprint density at radius 3 is 2.32 bits per heavy atom. The van der Waals surface area contributed by atoms with Crippen molar-refractivity contribution in [2.75, 3.05) is 56.0 Å². The zero-order chi connectivity index (χ0) is 30.5. The summed E-state index contributed by atoms with van der Waals surface area (Å²) < 4.78 is 32.9. The van der Waals surface area contributed by atoms with Crippen LogP contribution in [0.1, 0.15) is 39.1 Å². The van der Waals surface area contributed by atoms with Crippen LogP contribution >= 0.6 is 23.2 Å². The van der Waals surface area contributed by atoms with Gasteiger partial charge in [0.2, 0.25) is 0 Å². The lowest BCUT2D eigenvalue weighted by Crippen LogP contribution is -2.46. The van der Waals surface area contributed by atoms with Gasteiger partial charge in [-0.25, -0.2) is 9.18 Å². The van der Waals surface area contributed by atoms with Gasteiger partial charge in [-0.15, -0.1) is 0 Å². The maximum atomic E-state index is 15.6. The van der Waals surface area contributed by atoms with Crippen LogP contribution in [-0.2, 0) is 16.0 Å². The van der Waals surface area contributed by atoms with Crippen molar-refractivity contribution in [2.24, 2.45) is 0 Å². The van der Waals surface area contributed by atoms with Crippen molar-refractivity contribution in [2.45, 2.75) is 31.5 Å². The van der Waals surface area contributed by atoms with E-state index in [2.05, 4.69) is 9.80 Å². The third-order valence-electron chi connectivity index (χ3n) is 8.85. The van der Waals surface area contributed by atoms with E-state index in [0.29, 0.717) is 62.1 Å². The van der Waals surface area contributed by atoms with E-state index in [-0.39, 0.29) is 58.0 Å². The van der Waals surface area contributed by atoms with E-state index in [1.54, 1.807) is 30.3 Å². The fourth-order valence-corrected chi connectivity index (χ4v) is 7.35. The molecular weight excluding hydrogens is 612 g/mol. The molecule has 12 heteroatoms. The molecule has 0 radical (unpaired) electrons. The Balaban J connectivity index is 1.19. The van der Waals surface area contributed by atoms with Crippen molar-refractivity contribution >= 4 is 46.5 Å². The first kappa shape index (κ1) is 29.2. The van der Waals surface area contributed by atoms with Crippen LogP contribution in [0.2, 0.25) is 10.0 Å². The lowest BCUT2D eigenvalue weighted by atomic mass is 9.96. The summed E-state index contributed by atoms with van der Waals surface area (Å²) in [6.45, 7) is 3.70. The van der Waals surface area contributed by atoms with Gasteiger partial charge in [0.05, 0.1) is 71.9 Å². The molecule has 2 atom stereocenters. The molecule has 4 heterocycles. The number of carbonyl (C=O) groups excluding carboxylic acids is 1. The fourth-order valence-electron chi connectivity index (χ4n) is 6.72. The number of ether oxygens (including phenoxy) is 3. The van der Waals surface area contributed by atoms with Crippen LogP contribution in [0.25, 0.3) is 11.1 Å². The molecule has 7 rings (SSSR count). The third kappa shape index (κ3) is 5.13. The molecule has 2 unspecified atom stereocenters. The smallest absolute Gasteiger partial charge is 0.337 e. The maximum absolute atomic E-state index is 15.6. The Hall–Kier alpha value is -3.57. The molecule has 3 aromatic carbocycles. The van der Waals surface area contributed by atoms with Crippen molar-refractivity contribution in [3.8, 4) is 16.9 Å². The normalized spacial score (nSPS) is 21.2. The van der Waals surface area contributed by atoms with Gasteiger partial charge >= 0.3 is 5.97 Å². The molecule has 44 heavy (non-hydrogen) atoms. The molecule has 1 amide bonds. The number of rotatable bonds is 5. The summed E-state index contributed by atoms with van der Waals surface area (Å²) in [4.78, 5) is 31.5. The van der Waals surface area contributed by atoms with Crippen LogP contribution < -0.4 is 14.5 Å². The molecule has 0 saturated carbocycles. The van der Waals surface area contributed by atoms with Gasteiger partial charge in [-0.3, -0.25) is 4.79 Å². The summed E-state index contributed by atoms with van der Waals surface area (Å²) >= 11 is 13.2. The number of carbonyl (C=O) groups is 2. The molecule has 3 aromatic rings. The summed E-state index contributed by atoms with van der Waals surface area (Å²) in [5.41, 5.74) is 2.79. The highest BCUT2D eigenvalue weighted by molar-refractivity contribution is 6.40. The van der Waals surface area contributed by atoms with E-state index in [4.69, 9.17) is 37.4 Å². The number of hydrogen-bond donors (Lipinski definition) is 1. The Labute approximate surface area is 263 Å². The number of morpholine rings is 2. The number of benzene rings is 3. The molecule has 3 fully saturated rings. The van der Waals surface area contributed by atoms with Crippen LogP contribution in [0.5, 0.6) is 5.75 Å².